The molecule has 0 radical (unpaired) electrons. The molecule has 0 nitrogen and oxygen atoms in total. The molecule has 0 atom stereocenters. The second-order valence-electron chi connectivity index (χ2n) is 1.65. The summed E-state index contributed by atoms with van der Waals surface area (Å²) in [5, 5.41) is 0. The third kappa shape index (κ3) is 5.65. The second kappa shape index (κ2) is 6.58. The largest absolute Gasteiger partial charge is 0.122 e. The second-order valence-corrected chi connectivity index (χ2v) is 4.96. The van der Waals surface area contributed by atoms with Crippen LogP contribution < -0.4 is 0 Å². The Balaban J connectivity index is 3.35. The van der Waals surface area contributed by atoms with Gasteiger partial charge in [-0.05, 0) is 25.4 Å². The van der Waals surface area contributed by atoms with Gasteiger partial charge in [0.25, 0.3) is 0 Å². The first-order valence-electron chi connectivity index (χ1n) is 2.84. The maximum absolute atomic E-state index is 5.02. The van der Waals surface area contributed by atoms with Gasteiger partial charge in [-0.15, -0.1) is 23.5 Å². The fourth-order valence-corrected chi connectivity index (χ4v) is 1.22. The summed E-state index contributed by atoms with van der Waals surface area (Å²) >= 11 is 13.3. The molecule has 0 aromatic heterocycles. The van der Waals surface area contributed by atoms with Crippen LogP contribution >= 0.6 is 48.0 Å². The molecule has 0 saturated carbocycles. The Kier molecular flexibility index (Phi) is 7.16. The number of thiocarbonyl (C=S) groups is 2. The van der Waals surface area contributed by atoms with Gasteiger partial charge >= 0.3 is 0 Å². The van der Waals surface area contributed by atoms with Crippen molar-refractivity contribution in [3.63, 3.8) is 0 Å². The molecule has 0 aliphatic rings. The van der Waals surface area contributed by atoms with Crippen LogP contribution in [0.5, 0.6) is 0 Å². The van der Waals surface area contributed by atoms with Crippen LogP contribution in [0.1, 0.15) is 12.8 Å². The number of hydrogen-bond acceptors (Lipinski definition) is 4. The fraction of sp³-hybridized carbons (Fsp3) is 0.667. The van der Waals surface area contributed by atoms with Gasteiger partial charge in [-0.1, -0.05) is 24.4 Å². The van der Waals surface area contributed by atoms with Crippen molar-refractivity contribution in [3.05, 3.63) is 0 Å². The Morgan fingerprint density at radius 2 is 1.30 bits per heavy atom. The molecule has 0 aromatic carbocycles. The van der Waals surface area contributed by atoms with Crippen molar-refractivity contribution in [2.45, 2.75) is 12.8 Å². The van der Waals surface area contributed by atoms with Crippen molar-refractivity contribution in [3.8, 4) is 0 Å². The maximum atomic E-state index is 5.02. The summed E-state index contributed by atoms with van der Waals surface area (Å²) in [6.45, 7) is 0. The first kappa shape index (κ1) is 10.9. The van der Waals surface area contributed by atoms with Crippen molar-refractivity contribution >= 4 is 56.4 Å². The molecule has 0 bridgehead atoms. The summed E-state index contributed by atoms with van der Waals surface area (Å²) in [6.07, 6.45) is 5.92. The molecule has 0 aliphatic carbocycles. The smallest absolute Gasteiger partial charge is 0.0479 e. The molecule has 0 aromatic rings. The van der Waals surface area contributed by atoms with E-state index in [4.69, 9.17) is 24.4 Å². The molecular formula is C6H10S4. The van der Waals surface area contributed by atoms with Crippen LogP contribution in [0.4, 0.5) is 0 Å². The molecule has 0 spiro atoms. The van der Waals surface area contributed by atoms with Crippen molar-refractivity contribution < 1.29 is 0 Å². The van der Waals surface area contributed by atoms with Gasteiger partial charge in [0.15, 0.2) is 0 Å². The Hall–Kier alpha value is 0.880. The SMILES string of the molecule is CSC(=S)CCC(=S)SC. The average molecular weight is 210 g/mol. The Labute approximate surface area is 81.5 Å². The summed E-state index contributed by atoms with van der Waals surface area (Å²) < 4.78 is 2.10. The highest BCUT2D eigenvalue weighted by atomic mass is 32.2. The van der Waals surface area contributed by atoms with Crippen LogP contribution in [-0.4, -0.2) is 20.9 Å². The quantitative estimate of drug-likeness (QED) is 0.656. The molecule has 0 saturated heterocycles. The van der Waals surface area contributed by atoms with E-state index in [-0.39, 0.29) is 0 Å². The Bertz CT molecular complexity index is 114. The van der Waals surface area contributed by atoms with Gasteiger partial charge in [-0.25, -0.2) is 0 Å². The fourth-order valence-electron chi connectivity index (χ4n) is 0.408. The minimum Gasteiger partial charge on any atom is -0.122 e. The lowest BCUT2D eigenvalue weighted by molar-refractivity contribution is 1.22. The van der Waals surface area contributed by atoms with E-state index in [1.807, 2.05) is 12.5 Å². The molecule has 0 heterocycles. The van der Waals surface area contributed by atoms with E-state index >= 15 is 0 Å². The molecule has 10 heavy (non-hydrogen) atoms. The highest BCUT2D eigenvalue weighted by Crippen LogP contribution is 2.10. The van der Waals surface area contributed by atoms with E-state index in [1.54, 1.807) is 23.5 Å². The van der Waals surface area contributed by atoms with E-state index in [0.29, 0.717) is 0 Å². The van der Waals surface area contributed by atoms with Crippen molar-refractivity contribution in [2.75, 3.05) is 12.5 Å². The number of rotatable bonds is 3. The van der Waals surface area contributed by atoms with Crippen LogP contribution in [0.25, 0.3) is 0 Å². The maximum Gasteiger partial charge on any atom is 0.0479 e. The van der Waals surface area contributed by atoms with Crippen LogP contribution in [-0.2, 0) is 0 Å². The molecule has 0 unspecified atom stereocenters. The summed E-state index contributed by atoms with van der Waals surface area (Å²) in [5.74, 6) is 0. The molecule has 0 N–H and O–H groups in total. The van der Waals surface area contributed by atoms with Crippen molar-refractivity contribution in [1.82, 2.24) is 0 Å². The minimum atomic E-state index is 0.955. The van der Waals surface area contributed by atoms with Crippen molar-refractivity contribution in [2.24, 2.45) is 0 Å². The summed E-state index contributed by atoms with van der Waals surface area (Å²) in [7, 11) is 0. The van der Waals surface area contributed by atoms with Gasteiger partial charge in [0.2, 0.25) is 0 Å². The molecule has 0 fully saturated rings. The summed E-state index contributed by atoms with van der Waals surface area (Å²) in [4.78, 5) is 0. The molecular weight excluding hydrogens is 200 g/mol. The van der Waals surface area contributed by atoms with Gasteiger partial charge in [0.05, 0.1) is 0 Å². The van der Waals surface area contributed by atoms with E-state index < -0.39 is 0 Å². The highest BCUT2D eigenvalue weighted by molar-refractivity contribution is 8.23. The monoisotopic (exact) mass is 210 g/mol. The Morgan fingerprint density at radius 1 is 1.00 bits per heavy atom. The van der Waals surface area contributed by atoms with Crippen LogP contribution in [0.15, 0.2) is 0 Å². The molecule has 58 valence electrons. The van der Waals surface area contributed by atoms with E-state index in [0.717, 1.165) is 21.2 Å². The zero-order valence-electron chi connectivity index (χ0n) is 6.05. The molecule has 0 amide bonds. The Morgan fingerprint density at radius 3 is 1.50 bits per heavy atom. The lowest BCUT2D eigenvalue weighted by atomic mass is 10.4. The van der Waals surface area contributed by atoms with Crippen LogP contribution in [0.3, 0.4) is 0 Å². The van der Waals surface area contributed by atoms with E-state index in [1.165, 1.54) is 0 Å². The normalized spacial score (nSPS) is 9.40. The van der Waals surface area contributed by atoms with E-state index in [9.17, 15) is 0 Å². The zero-order chi connectivity index (χ0) is 7.98. The van der Waals surface area contributed by atoms with Crippen LogP contribution in [0.2, 0.25) is 0 Å². The minimum absolute atomic E-state index is 0.955. The first-order chi connectivity index (χ1) is 4.70. The predicted molar refractivity (Wildman–Crippen MR) is 61.5 cm³/mol. The van der Waals surface area contributed by atoms with Gasteiger partial charge in [-0.3, -0.25) is 0 Å². The third-order valence-electron chi connectivity index (χ3n) is 0.989. The van der Waals surface area contributed by atoms with Gasteiger partial charge in [0.1, 0.15) is 0 Å². The van der Waals surface area contributed by atoms with E-state index in [2.05, 4.69) is 0 Å². The lowest BCUT2D eigenvalue weighted by Gasteiger charge is -1.98. The topological polar surface area (TPSA) is 0 Å². The molecule has 0 aliphatic heterocycles. The van der Waals surface area contributed by atoms with Crippen molar-refractivity contribution in [1.29, 1.82) is 0 Å². The first-order valence-corrected chi connectivity index (χ1v) is 6.11. The standard InChI is InChI=1S/C6H10S4/c1-9-5(7)3-4-6(8)10-2/h3-4H2,1-2H3. The van der Waals surface area contributed by atoms with Gasteiger partial charge in [0, 0.05) is 8.39 Å². The molecule has 0 rings (SSSR count). The lowest BCUT2D eigenvalue weighted by Crippen LogP contribution is -1.92. The zero-order valence-corrected chi connectivity index (χ0v) is 9.31. The van der Waals surface area contributed by atoms with Gasteiger partial charge in [-0.2, -0.15) is 0 Å². The number of hydrogen-bond donors (Lipinski definition) is 0. The summed E-state index contributed by atoms with van der Waals surface area (Å²) in [6, 6.07) is 0. The number of thioether (sulfide) groups is 2. The van der Waals surface area contributed by atoms with Gasteiger partial charge < -0.3 is 0 Å². The third-order valence-corrected chi connectivity index (χ3v) is 3.72. The average Bonchev–Trinajstić information content (AvgIpc) is 1.99. The van der Waals surface area contributed by atoms with Crippen LogP contribution in [0, 0.1) is 0 Å². The summed E-state index contributed by atoms with van der Waals surface area (Å²) in [5.41, 5.74) is 0. The predicted octanol–water partition coefficient (Wildman–Crippen LogP) is 3.15. The highest BCUT2D eigenvalue weighted by Gasteiger charge is 1.97. The molecule has 4 heteroatoms.